The third-order valence-electron chi connectivity index (χ3n) is 7.89. The molecule has 1 aromatic rings. The highest BCUT2D eigenvalue weighted by atomic mass is 16.2. The maximum Gasteiger partial charge on any atom is 0.227 e. The van der Waals surface area contributed by atoms with Crippen LogP contribution >= 0.6 is 0 Å². The molecule has 3 rings (SSSR count). The topological polar surface area (TPSA) is 149 Å². The summed E-state index contributed by atoms with van der Waals surface area (Å²) >= 11 is 0. The molecule has 11 nitrogen and oxygen atoms in total. The lowest BCUT2D eigenvalue weighted by Crippen LogP contribution is -2.44. The van der Waals surface area contributed by atoms with Crippen molar-refractivity contribution >= 4 is 17.7 Å². The van der Waals surface area contributed by atoms with Crippen molar-refractivity contribution in [2.24, 2.45) is 22.9 Å². The molecule has 0 atom stereocenters. The minimum Gasteiger partial charge on any atom is -0.399 e. The first-order valence-corrected chi connectivity index (χ1v) is 15.7. The summed E-state index contributed by atoms with van der Waals surface area (Å²) in [6.45, 7) is 12.6. The first kappa shape index (κ1) is 32.9. The summed E-state index contributed by atoms with van der Waals surface area (Å²) < 4.78 is 0. The van der Waals surface area contributed by atoms with Crippen molar-refractivity contribution in [3.63, 3.8) is 0 Å². The second kappa shape index (κ2) is 17.4. The zero-order valence-electron chi connectivity index (χ0n) is 25.8. The van der Waals surface area contributed by atoms with Crippen LogP contribution in [0.4, 0.5) is 11.8 Å². The summed E-state index contributed by atoms with van der Waals surface area (Å²) in [6, 6.07) is 2.60. The van der Waals surface area contributed by atoms with Gasteiger partial charge in [-0.05, 0) is 70.1 Å². The highest BCUT2D eigenvalue weighted by molar-refractivity contribution is 5.81. The second-order valence-electron chi connectivity index (χ2n) is 12.7. The van der Waals surface area contributed by atoms with Crippen LogP contribution in [0.3, 0.4) is 0 Å². The summed E-state index contributed by atoms with van der Waals surface area (Å²) in [5.41, 5.74) is 6.48. The van der Waals surface area contributed by atoms with Crippen LogP contribution in [0.5, 0.6) is 0 Å². The number of hydrazine groups is 1. The van der Waals surface area contributed by atoms with Gasteiger partial charge in [-0.1, -0.05) is 40.0 Å². The van der Waals surface area contributed by atoms with E-state index in [1.165, 1.54) is 32.1 Å². The minimum absolute atomic E-state index is 0.238. The van der Waals surface area contributed by atoms with Crippen molar-refractivity contribution in [1.29, 1.82) is 0 Å². The van der Waals surface area contributed by atoms with Crippen LogP contribution in [-0.4, -0.2) is 84.2 Å². The molecule has 1 amide bonds. The van der Waals surface area contributed by atoms with Gasteiger partial charge in [0.2, 0.25) is 11.9 Å². The van der Waals surface area contributed by atoms with Crippen molar-refractivity contribution in [3.05, 3.63) is 24.2 Å². The Morgan fingerprint density at radius 2 is 1.80 bits per heavy atom. The summed E-state index contributed by atoms with van der Waals surface area (Å²) in [5, 5.41) is 15.4. The molecule has 11 heteroatoms. The molecule has 0 aromatic carbocycles. The smallest absolute Gasteiger partial charge is 0.227 e. The standard InChI is InChI=1S/C30H56N10O/c1-30(2,3)28(41)39-19-12-24(13-20-39)21-36-27-11-17-35-29(38-27)37-22-25(31)23-40(32)18-8-15-33-14-7-16-34-26-9-5-4-6-10-26/h11,17,23-24,26,33-34H,4-10,12-16,18-22,31-32H2,1-3H3,(H2,35,36,37,38)/b25-23-. The predicted octanol–water partition coefficient (Wildman–Crippen LogP) is 2.85. The third kappa shape index (κ3) is 12.8. The van der Waals surface area contributed by atoms with Crippen molar-refractivity contribution in [1.82, 2.24) is 30.5 Å². The van der Waals surface area contributed by atoms with Gasteiger partial charge in [0.05, 0.1) is 6.54 Å². The summed E-state index contributed by atoms with van der Waals surface area (Å²) in [7, 11) is 0. The van der Waals surface area contributed by atoms with Crippen molar-refractivity contribution in [3.8, 4) is 0 Å². The Morgan fingerprint density at radius 3 is 2.54 bits per heavy atom. The normalized spacial score (nSPS) is 17.5. The van der Waals surface area contributed by atoms with Crippen LogP contribution in [0.25, 0.3) is 0 Å². The Labute approximate surface area is 247 Å². The number of rotatable bonds is 16. The fourth-order valence-electron chi connectivity index (χ4n) is 5.45. The van der Waals surface area contributed by atoms with E-state index in [0.29, 0.717) is 24.1 Å². The largest absolute Gasteiger partial charge is 0.399 e. The first-order valence-electron chi connectivity index (χ1n) is 15.7. The maximum atomic E-state index is 12.5. The summed E-state index contributed by atoms with van der Waals surface area (Å²) in [6.07, 6.45) is 14.4. The van der Waals surface area contributed by atoms with E-state index >= 15 is 0 Å². The van der Waals surface area contributed by atoms with Gasteiger partial charge in [0.15, 0.2) is 0 Å². The summed E-state index contributed by atoms with van der Waals surface area (Å²) in [5.74, 6) is 8.16. The molecule has 1 saturated carbocycles. The molecule has 0 bridgehead atoms. The molecule has 1 aliphatic carbocycles. The predicted molar refractivity (Wildman–Crippen MR) is 168 cm³/mol. The molecule has 2 aliphatic rings. The van der Waals surface area contributed by atoms with Gasteiger partial charge in [0, 0.05) is 55.7 Å². The molecule has 2 fully saturated rings. The monoisotopic (exact) mass is 572 g/mol. The second-order valence-corrected chi connectivity index (χ2v) is 12.7. The molecular weight excluding hydrogens is 516 g/mol. The average Bonchev–Trinajstić information content (AvgIpc) is 2.96. The molecule has 1 aliphatic heterocycles. The van der Waals surface area contributed by atoms with E-state index in [1.54, 1.807) is 17.4 Å². The Hall–Kier alpha value is -2.63. The number of hydrogen-bond donors (Lipinski definition) is 6. The van der Waals surface area contributed by atoms with E-state index in [2.05, 4.69) is 31.2 Å². The molecule has 2 heterocycles. The molecule has 1 aromatic heterocycles. The molecule has 1 saturated heterocycles. The van der Waals surface area contributed by atoms with Gasteiger partial charge < -0.3 is 36.9 Å². The fraction of sp³-hybridized carbons (Fsp3) is 0.767. The van der Waals surface area contributed by atoms with Crippen LogP contribution < -0.4 is 32.8 Å². The molecule has 0 spiro atoms. The SMILES string of the molecule is CC(C)(C)C(=O)N1CCC(CNc2ccnc(NC/C(N)=C/N(N)CCCNCCCNC3CCCCC3)n2)CC1. The molecule has 8 N–H and O–H groups in total. The molecule has 0 unspecified atom stereocenters. The van der Waals surface area contributed by atoms with Gasteiger partial charge in [-0.2, -0.15) is 4.98 Å². The van der Waals surface area contributed by atoms with E-state index in [-0.39, 0.29) is 11.3 Å². The van der Waals surface area contributed by atoms with Crippen molar-refractivity contribution < 1.29 is 4.79 Å². The van der Waals surface area contributed by atoms with E-state index in [0.717, 1.165) is 83.4 Å². The van der Waals surface area contributed by atoms with Gasteiger partial charge >= 0.3 is 0 Å². The Morgan fingerprint density at radius 1 is 1.07 bits per heavy atom. The third-order valence-corrected chi connectivity index (χ3v) is 7.89. The quantitative estimate of drug-likeness (QED) is 0.0992. The number of piperidine rings is 1. The number of carbonyl (C=O) groups is 1. The molecule has 0 radical (unpaired) electrons. The summed E-state index contributed by atoms with van der Waals surface area (Å²) in [4.78, 5) is 23.4. The van der Waals surface area contributed by atoms with Crippen LogP contribution in [0, 0.1) is 11.3 Å². The maximum absolute atomic E-state index is 12.5. The number of anilines is 2. The van der Waals surface area contributed by atoms with Gasteiger partial charge in [-0.25, -0.2) is 10.8 Å². The van der Waals surface area contributed by atoms with Gasteiger partial charge in [-0.15, -0.1) is 0 Å². The zero-order valence-corrected chi connectivity index (χ0v) is 25.8. The van der Waals surface area contributed by atoms with Gasteiger partial charge in [-0.3, -0.25) is 4.79 Å². The number of hydrogen-bond acceptors (Lipinski definition) is 10. The van der Waals surface area contributed by atoms with Gasteiger partial charge in [0.1, 0.15) is 5.82 Å². The van der Waals surface area contributed by atoms with Gasteiger partial charge in [0.25, 0.3) is 0 Å². The average molecular weight is 573 g/mol. The molecule has 41 heavy (non-hydrogen) atoms. The lowest BCUT2D eigenvalue weighted by molar-refractivity contribution is -0.140. The number of nitrogens with one attached hydrogen (secondary N) is 4. The number of amides is 1. The highest BCUT2D eigenvalue weighted by Gasteiger charge is 2.30. The van der Waals surface area contributed by atoms with Crippen LogP contribution in [-0.2, 0) is 4.79 Å². The minimum atomic E-state index is -0.320. The van der Waals surface area contributed by atoms with E-state index in [1.807, 2.05) is 31.7 Å². The van der Waals surface area contributed by atoms with Crippen LogP contribution in [0.15, 0.2) is 24.2 Å². The Balaban J connectivity index is 1.25. The number of carbonyl (C=O) groups excluding carboxylic acids is 1. The fourth-order valence-corrected chi connectivity index (χ4v) is 5.45. The number of nitrogens with zero attached hydrogens (tertiary/aromatic N) is 4. The van der Waals surface area contributed by atoms with E-state index in [4.69, 9.17) is 11.6 Å². The lowest BCUT2D eigenvalue weighted by atomic mass is 9.91. The van der Waals surface area contributed by atoms with Crippen LogP contribution in [0.1, 0.15) is 78.6 Å². The molecular formula is C30H56N10O. The lowest BCUT2D eigenvalue weighted by Gasteiger charge is -2.35. The van der Waals surface area contributed by atoms with Crippen LogP contribution in [0.2, 0.25) is 0 Å². The number of nitrogens with two attached hydrogens (primary N) is 2. The Kier molecular flexibility index (Phi) is 13.9. The number of aromatic nitrogens is 2. The first-order chi connectivity index (χ1) is 19.7. The van der Waals surface area contributed by atoms with Crippen molar-refractivity contribution in [2.45, 2.75) is 84.6 Å². The Bertz CT molecular complexity index is 920. The zero-order chi connectivity index (χ0) is 29.5. The van der Waals surface area contributed by atoms with E-state index < -0.39 is 0 Å². The highest BCUT2D eigenvalue weighted by Crippen LogP contribution is 2.24. The molecule has 232 valence electrons. The number of likely N-dealkylation sites (tertiary alicyclic amines) is 1. The van der Waals surface area contributed by atoms with Crippen molar-refractivity contribution in [2.75, 3.05) is 63.0 Å². The van der Waals surface area contributed by atoms with E-state index in [9.17, 15) is 4.79 Å².